The minimum Gasteiger partial charge on any atom is -0.354 e. The number of aromatic nitrogens is 1. The highest BCUT2D eigenvalue weighted by Crippen LogP contribution is 2.27. The van der Waals surface area contributed by atoms with E-state index in [1.54, 1.807) is 0 Å². The van der Waals surface area contributed by atoms with Crippen molar-refractivity contribution >= 4 is 28.2 Å². The van der Waals surface area contributed by atoms with Crippen LogP contribution in [-0.4, -0.2) is 42.5 Å². The summed E-state index contributed by atoms with van der Waals surface area (Å²) in [4.78, 5) is 13.0. The van der Waals surface area contributed by atoms with E-state index in [0.717, 1.165) is 23.4 Å². The molecule has 2 aromatic heterocycles. The monoisotopic (exact) mass is 393 g/mol. The lowest BCUT2D eigenvalue weighted by Gasteiger charge is -2.27. The van der Waals surface area contributed by atoms with Crippen molar-refractivity contribution < 1.29 is 0 Å². The second-order valence-corrected chi connectivity index (χ2v) is 8.05. The third-order valence-electron chi connectivity index (χ3n) is 5.30. The first-order chi connectivity index (χ1) is 13.8. The van der Waals surface area contributed by atoms with Crippen molar-refractivity contribution in [2.24, 2.45) is 4.99 Å². The first kappa shape index (κ1) is 18.9. The van der Waals surface area contributed by atoms with Crippen LogP contribution in [0.2, 0.25) is 0 Å². The number of rotatable bonds is 6. The number of hydrogen-bond donors (Lipinski definition) is 2. The Morgan fingerprint density at radius 2 is 2.00 bits per heavy atom. The van der Waals surface area contributed by atoms with E-state index < -0.39 is 0 Å². The first-order valence-electron chi connectivity index (χ1n) is 9.90. The van der Waals surface area contributed by atoms with Crippen LogP contribution in [0.1, 0.15) is 29.3 Å². The summed E-state index contributed by atoms with van der Waals surface area (Å²) in [7, 11) is 1.83. The average molecular weight is 394 g/mol. The van der Waals surface area contributed by atoms with Crippen LogP contribution in [0.4, 0.5) is 0 Å². The molecule has 0 radical (unpaired) electrons. The Morgan fingerprint density at radius 3 is 2.79 bits per heavy atom. The molecule has 28 heavy (non-hydrogen) atoms. The Kier molecular flexibility index (Phi) is 6.19. The summed E-state index contributed by atoms with van der Waals surface area (Å²) in [6.45, 7) is 3.91. The maximum Gasteiger partial charge on any atom is 0.191 e. The summed E-state index contributed by atoms with van der Waals surface area (Å²) >= 11 is 1.84. The normalized spacial score (nSPS) is 16.4. The molecule has 0 spiro atoms. The molecule has 5 nitrogen and oxygen atoms in total. The molecule has 0 amide bonds. The van der Waals surface area contributed by atoms with Gasteiger partial charge in [-0.25, -0.2) is 0 Å². The van der Waals surface area contributed by atoms with Crippen molar-refractivity contribution in [3.8, 4) is 0 Å². The molecule has 0 saturated carbocycles. The molecule has 0 aliphatic carbocycles. The highest BCUT2D eigenvalue weighted by molar-refractivity contribution is 7.10. The summed E-state index contributed by atoms with van der Waals surface area (Å²) in [6, 6.07) is 15.2. The summed E-state index contributed by atoms with van der Waals surface area (Å²) in [6.07, 6.45) is 4.44. The lowest BCUT2D eigenvalue weighted by atomic mass is 10.1. The van der Waals surface area contributed by atoms with Crippen LogP contribution < -0.4 is 10.6 Å². The van der Waals surface area contributed by atoms with Crippen LogP contribution in [-0.2, 0) is 6.54 Å². The number of aliphatic imine (C=N–C) groups is 1. The Morgan fingerprint density at radius 1 is 1.14 bits per heavy atom. The topological polar surface area (TPSA) is 52.6 Å². The van der Waals surface area contributed by atoms with Crippen molar-refractivity contribution in [1.82, 2.24) is 20.5 Å². The zero-order valence-corrected chi connectivity index (χ0v) is 17.1. The number of pyridine rings is 1. The molecule has 146 valence electrons. The van der Waals surface area contributed by atoms with E-state index in [0.29, 0.717) is 12.6 Å². The molecular formula is C22H27N5S. The number of nitrogens with zero attached hydrogens (tertiary/aromatic N) is 3. The molecule has 4 rings (SSSR count). The molecule has 1 aromatic carbocycles. The van der Waals surface area contributed by atoms with Gasteiger partial charge in [-0.15, -0.1) is 11.3 Å². The maximum atomic E-state index is 4.54. The van der Waals surface area contributed by atoms with E-state index in [1.807, 2.05) is 30.6 Å². The van der Waals surface area contributed by atoms with Crippen LogP contribution in [0, 0.1) is 0 Å². The van der Waals surface area contributed by atoms with Crippen LogP contribution >= 0.6 is 11.3 Å². The van der Waals surface area contributed by atoms with Gasteiger partial charge in [-0.05, 0) is 49.0 Å². The van der Waals surface area contributed by atoms with Crippen molar-refractivity contribution in [2.45, 2.75) is 25.4 Å². The lowest BCUT2D eigenvalue weighted by molar-refractivity contribution is 0.249. The minimum absolute atomic E-state index is 0.403. The van der Waals surface area contributed by atoms with Gasteiger partial charge in [-0.3, -0.25) is 14.9 Å². The number of nitrogens with one attached hydrogen (secondary N) is 2. The zero-order chi connectivity index (χ0) is 19.2. The Hall–Kier alpha value is -2.44. The molecule has 1 fully saturated rings. The predicted molar refractivity (Wildman–Crippen MR) is 118 cm³/mol. The number of para-hydroxylation sites is 1. The molecule has 1 aliphatic heterocycles. The molecule has 3 heterocycles. The third-order valence-corrected chi connectivity index (χ3v) is 6.28. The van der Waals surface area contributed by atoms with Crippen molar-refractivity contribution in [1.29, 1.82) is 0 Å². The molecule has 1 unspecified atom stereocenters. The molecule has 2 N–H and O–H groups in total. The minimum atomic E-state index is 0.403. The van der Waals surface area contributed by atoms with Gasteiger partial charge in [0.25, 0.3) is 0 Å². The average Bonchev–Trinajstić information content (AvgIpc) is 3.45. The van der Waals surface area contributed by atoms with Crippen LogP contribution in [0.25, 0.3) is 10.9 Å². The fraction of sp³-hybridized carbons (Fsp3) is 0.364. The van der Waals surface area contributed by atoms with Crippen molar-refractivity contribution in [3.05, 3.63) is 64.5 Å². The highest BCUT2D eigenvalue weighted by Gasteiger charge is 2.24. The Labute approximate surface area is 170 Å². The van der Waals surface area contributed by atoms with Gasteiger partial charge in [0.15, 0.2) is 5.96 Å². The van der Waals surface area contributed by atoms with Gasteiger partial charge in [0.2, 0.25) is 0 Å². The molecule has 1 aliphatic rings. The number of fused-ring (bicyclic) bond motifs is 1. The predicted octanol–water partition coefficient (Wildman–Crippen LogP) is 3.80. The van der Waals surface area contributed by atoms with Gasteiger partial charge in [-0.1, -0.05) is 30.3 Å². The molecule has 1 saturated heterocycles. The van der Waals surface area contributed by atoms with Crippen molar-refractivity contribution in [3.63, 3.8) is 0 Å². The van der Waals surface area contributed by atoms with Gasteiger partial charge >= 0.3 is 0 Å². The SMILES string of the molecule is CN=C(NCc1cccc2cccnc12)NCC(c1cccs1)N1CCCC1. The maximum absolute atomic E-state index is 4.54. The summed E-state index contributed by atoms with van der Waals surface area (Å²) in [5.74, 6) is 0.827. The van der Waals surface area contributed by atoms with Gasteiger partial charge in [0.1, 0.15) is 0 Å². The van der Waals surface area contributed by atoms with Gasteiger partial charge in [0.05, 0.1) is 11.6 Å². The first-order valence-corrected chi connectivity index (χ1v) is 10.8. The fourth-order valence-electron chi connectivity index (χ4n) is 3.85. The number of likely N-dealkylation sites (tertiary alicyclic amines) is 1. The number of hydrogen-bond acceptors (Lipinski definition) is 4. The smallest absolute Gasteiger partial charge is 0.191 e. The molecule has 1 atom stereocenters. The molecule has 3 aromatic rings. The van der Waals surface area contributed by atoms with E-state index in [4.69, 9.17) is 0 Å². The summed E-state index contributed by atoms with van der Waals surface area (Å²) in [5, 5.41) is 10.3. The van der Waals surface area contributed by atoms with Gasteiger partial charge < -0.3 is 10.6 Å². The molecule has 6 heteroatoms. The van der Waals surface area contributed by atoms with Crippen molar-refractivity contribution in [2.75, 3.05) is 26.7 Å². The van der Waals surface area contributed by atoms with E-state index in [2.05, 4.69) is 67.3 Å². The van der Waals surface area contributed by atoms with Crippen LogP contribution in [0.5, 0.6) is 0 Å². The number of benzene rings is 1. The van der Waals surface area contributed by atoms with E-state index >= 15 is 0 Å². The second-order valence-electron chi connectivity index (χ2n) is 7.07. The van der Waals surface area contributed by atoms with Gasteiger partial charge in [0, 0.05) is 36.6 Å². The van der Waals surface area contributed by atoms with E-state index in [1.165, 1.54) is 36.4 Å². The lowest BCUT2D eigenvalue weighted by Crippen LogP contribution is -2.42. The van der Waals surface area contributed by atoms with E-state index in [-0.39, 0.29) is 0 Å². The van der Waals surface area contributed by atoms with Gasteiger partial charge in [-0.2, -0.15) is 0 Å². The quantitative estimate of drug-likeness (QED) is 0.494. The Balaban J connectivity index is 1.40. The largest absolute Gasteiger partial charge is 0.354 e. The highest BCUT2D eigenvalue weighted by atomic mass is 32.1. The standard InChI is InChI=1S/C22H27N5S/c1-23-22(25-15-18-8-4-7-17-9-5-11-24-21(17)18)26-16-19(20-10-6-14-28-20)27-12-2-3-13-27/h4-11,14,19H,2-3,12-13,15-16H2,1H3,(H2,23,25,26). The van der Waals surface area contributed by atoms with Crippen LogP contribution in [0.3, 0.4) is 0 Å². The summed E-state index contributed by atoms with van der Waals surface area (Å²) in [5.41, 5.74) is 2.22. The van der Waals surface area contributed by atoms with E-state index in [9.17, 15) is 0 Å². The summed E-state index contributed by atoms with van der Waals surface area (Å²) < 4.78 is 0. The number of guanidine groups is 1. The third kappa shape index (κ3) is 4.34. The zero-order valence-electron chi connectivity index (χ0n) is 16.3. The second kappa shape index (κ2) is 9.17. The Bertz CT molecular complexity index is 910. The molecular weight excluding hydrogens is 366 g/mol. The molecule has 0 bridgehead atoms. The van der Waals surface area contributed by atoms with Crippen LogP contribution in [0.15, 0.2) is 59.0 Å². The fourth-order valence-corrected chi connectivity index (χ4v) is 4.71. The number of thiophene rings is 1.